The smallest absolute Gasteiger partial charge is 0.374 e. The van der Waals surface area contributed by atoms with Gasteiger partial charge in [0.15, 0.2) is 0 Å². The van der Waals surface area contributed by atoms with Gasteiger partial charge in [0.2, 0.25) is 5.82 Å². The maximum Gasteiger partial charge on any atom is 0.374 e. The molecule has 96 valence electrons. The van der Waals surface area contributed by atoms with E-state index in [-0.39, 0.29) is 5.97 Å². The summed E-state index contributed by atoms with van der Waals surface area (Å²) in [5, 5.41) is 0. The summed E-state index contributed by atoms with van der Waals surface area (Å²) >= 11 is 0. The molecule has 0 atom stereocenters. The van der Waals surface area contributed by atoms with Crippen molar-refractivity contribution in [1.82, 2.24) is 9.55 Å². The molecule has 0 aliphatic heterocycles. The highest BCUT2D eigenvalue weighted by Gasteiger charge is 2.17. The number of aromatic nitrogens is 2. The van der Waals surface area contributed by atoms with Crippen LogP contribution in [-0.2, 0) is 11.3 Å². The summed E-state index contributed by atoms with van der Waals surface area (Å²) in [6.45, 7) is 7.03. The van der Waals surface area contributed by atoms with E-state index in [9.17, 15) is 4.79 Å². The van der Waals surface area contributed by atoms with Crippen molar-refractivity contribution in [3.8, 4) is 0 Å². The number of aryl methyl sites for hydroxylation is 2. The fourth-order valence-electron chi connectivity index (χ4n) is 2.04. The summed E-state index contributed by atoms with van der Waals surface area (Å²) in [4.78, 5) is 16.3. The average molecular weight is 246 g/mol. The number of hydrogen-bond donors (Lipinski definition) is 0. The van der Waals surface area contributed by atoms with Crippen molar-refractivity contribution in [3.63, 3.8) is 0 Å². The first-order valence-electron chi connectivity index (χ1n) is 6.31. The number of carbonyl (C=O) groups excluding carboxylic acids is 1. The number of carbonyl (C=O) groups is 1. The molecule has 4 heteroatoms. The molecule has 0 saturated heterocycles. The van der Waals surface area contributed by atoms with Crippen molar-refractivity contribution in [2.45, 2.75) is 33.7 Å². The first kappa shape index (κ1) is 12.6. The molecule has 4 nitrogen and oxygen atoms in total. The van der Waals surface area contributed by atoms with Gasteiger partial charge < -0.3 is 9.30 Å². The first-order chi connectivity index (χ1) is 8.67. The lowest BCUT2D eigenvalue weighted by Crippen LogP contribution is -2.13. The van der Waals surface area contributed by atoms with Gasteiger partial charge in [0.1, 0.15) is 0 Å². The van der Waals surface area contributed by atoms with Gasteiger partial charge in [-0.15, -0.1) is 0 Å². The molecule has 18 heavy (non-hydrogen) atoms. The van der Waals surface area contributed by atoms with E-state index in [2.05, 4.69) is 11.9 Å². The topological polar surface area (TPSA) is 44.1 Å². The van der Waals surface area contributed by atoms with Crippen molar-refractivity contribution in [2.24, 2.45) is 0 Å². The van der Waals surface area contributed by atoms with Gasteiger partial charge in [-0.1, -0.05) is 13.0 Å². The Hall–Kier alpha value is -1.84. The van der Waals surface area contributed by atoms with Gasteiger partial charge in [-0.3, -0.25) is 0 Å². The number of hydrogen-bond acceptors (Lipinski definition) is 3. The second-order valence-corrected chi connectivity index (χ2v) is 4.30. The van der Waals surface area contributed by atoms with E-state index in [1.54, 1.807) is 6.92 Å². The highest BCUT2D eigenvalue weighted by molar-refractivity contribution is 5.91. The van der Waals surface area contributed by atoms with E-state index >= 15 is 0 Å². The fraction of sp³-hybridized carbons (Fsp3) is 0.429. The monoisotopic (exact) mass is 246 g/mol. The Bertz CT molecular complexity index is 572. The molecular formula is C14H18N2O2. The van der Waals surface area contributed by atoms with E-state index in [4.69, 9.17) is 4.74 Å². The molecule has 0 amide bonds. The highest BCUT2D eigenvalue weighted by atomic mass is 16.5. The number of esters is 1. The molecule has 1 aromatic carbocycles. The summed E-state index contributed by atoms with van der Waals surface area (Å²) < 4.78 is 6.99. The maximum atomic E-state index is 11.9. The minimum atomic E-state index is -0.347. The number of benzene rings is 1. The van der Waals surface area contributed by atoms with Crippen LogP contribution in [0.5, 0.6) is 0 Å². The van der Waals surface area contributed by atoms with Crippen molar-refractivity contribution in [3.05, 3.63) is 29.6 Å². The number of nitrogens with zero attached hydrogens (tertiary/aromatic N) is 2. The summed E-state index contributed by atoms with van der Waals surface area (Å²) in [5.74, 6) is 0.0547. The van der Waals surface area contributed by atoms with Gasteiger partial charge in [0.25, 0.3) is 0 Å². The van der Waals surface area contributed by atoms with E-state index in [1.807, 2.05) is 29.7 Å². The lowest BCUT2D eigenvalue weighted by atomic mass is 10.2. The van der Waals surface area contributed by atoms with Crippen molar-refractivity contribution in [1.29, 1.82) is 0 Å². The van der Waals surface area contributed by atoms with Gasteiger partial charge in [0, 0.05) is 6.54 Å². The van der Waals surface area contributed by atoms with E-state index in [0.717, 1.165) is 29.6 Å². The SMILES string of the molecule is CCCn1c(C(=O)OCC)nc2cc(C)ccc21. The Morgan fingerprint density at radius 3 is 2.83 bits per heavy atom. The zero-order valence-electron chi connectivity index (χ0n) is 11.1. The molecule has 0 fully saturated rings. The molecule has 0 aliphatic rings. The van der Waals surface area contributed by atoms with Crippen LogP contribution in [0.15, 0.2) is 18.2 Å². The van der Waals surface area contributed by atoms with Crippen molar-refractivity contribution in [2.75, 3.05) is 6.61 Å². The van der Waals surface area contributed by atoms with Crippen LogP contribution in [0, 0.1) is 6.92 Å². The van der Waals surface area contributed by atoms with Crippen LogP contribution in [0.25, 0.3) is 11.0 Å². The van der Waals surface area contributed by atoms with Gasteiger partial charge >= 0.3 is 5.97 Å². The average Bonchev–Trinajstić information content (AvgIpc) is 2.68. The third kappa shape index (κ3) is 2.23. The van der Waals surface area contributed by atoms with Crippen LogP contribution in [0.2, 0.25) is 0 Å². The molecule has 1 aromatic heterocycles. The van der Waals surface area contributed by atoms with Crippen LogP contribution < -0.4 is 0 Å². The second kappa shape index (κ2) is 5.21. The Kier molecular flexibility index (Phi) is 3.65. The lowest BCUT2D eigenvalue weighted by Gasteiger charge is -2.06. The van der Waals surface area contributed by atoms with Gasteiger partial charge in [-0.2, -0.15) is 0 Å². The van der Waals surface area contributed by atoms with Crippen LogP contribution in [0.4, 0.5) is 0 Å². The van der Waals surface area contributed by atoms with Crippen molar-refractivity contribution >= 4 is 17.0 Å². The molecule has 2 rings (SSSR count). The fourth-order valence-corrected chi connectivity index (χ4v) is 2.04. The van der Waals surface area contributed by atoms with Crippen LogP contribution in [0.3, 0.4) is 0 Å². The third-order valence-electron chi connectivity index (χ3n) is 2.81. The predicted molar refractivity (Wildman–Crippen MR) is 70.7 cm³/mol. The lowest BCUT2D eigenvalue weighted by molar-refractivity contribution is 0.0507. The van der Waals surface area contributed by atoms with Crippen LogP contribution in [0.1, 0.15) is 36.5 Å². The zero-order chi connectivity index (χ0) is 13.1. The van der Waals surface area contributed by atoms with Crippen LogP contribution in [-0.4, -0.2) is 22.1 Å². The standard InChI is InChI=1S/C14H18N2O2/c1-4-8-16-12-7-6-10(3)9-11(12)15-13(16)14(17)18-5-2/h6-7,9H,4-5,8H2,1-3H3. The van der Waals surface area contributed by atoms with Gasteiger partial charge in [-0.05, 0) is 38.0 Å². The number of ether oxygens (including phenoxy) is 1. The Balaban J connectivity index is 2.56. The van der Waals surface area contributed by atoms with Crippen LogP contribution >= 0.6 is 0 Å². The Morgan fingerprint density at radius 1 is 1.39 bits per heavy atom. The molecular weight excluding hydrogens is 228 g/mol. The predicted octanol–water partition coefficient (Wildman–Crippen LogP) is 2.93. The molecule has 1 heterocycles. The largest absolute Gasteiger partial charge is 0.460 e. The van der Waals surface area contributed by atoms with E-state index in [0.29, 0.717) is 12.4 Å². The van der Waals surface area contributed by atoms with Crippen molar-refractivity contribution < 1.29 is 9.53 Å². The molecule has 0 unspecified atom stereocenters. The zero-order valence-corrected chi connectivity index (χ0v) is 11.1. The summed E-state index contributed by atoms with van der Waals surface area (Å²) in [6.07, 6.45) is 0.950. The molecule has 0 spiro atoms. The summed E-state index contributed by atoms with van der Waals surface area (Å²) in [7, 11) is 0. The molecule has 0 aliphatic carbocycles. The first-order valence-corrected chi connectivity index (χ1v) is 6.31. The molecule has 0 N–H and O–H groups in total. The Morgan fingerprint density at radius 2 is 2.17 bits per heavy atom. The van der Waals surface area contributed by atoms with Gasteiger partial charge in [0.05, 0.1) is 17.6 Å². The Labute approximate surface area is 107 Å². The summed E-state index contributed by atoms with van der Waals surface area (Å²) in [6, 6.07) is 6.03. The second-order valence-electron chi connectivity index (χ2n) is 4.30. The molecule has 0 bridgehead atoms. The highest BCUT2D eigenvalue weighted by Crippen LogP contribution is 2.19. The normalized spacial score (nSPS) is 10.8. The maximum absolute atomic E-state index is 11.9. The molecule has 2 aromatic rings. The quantitative estimate of drug-likeness (QED) is 0.779. The number of imidazole rings is 1. The number of fused-ring (bicyclic) bond motifs is 1. The van der Waals surface area contributed by atoms with E-state index < -0.39 is 0 Å². The third-order valence-corrected chi connectivity index (χ3v) is 2.81. The van der Waals surface area contributed by atoms with E-state index in [1.165, 1.54) is 0 Å². The summed E-state index contributed by atoms with van der Waals surface area (Å²) in [5.41, 5.74) is 2.98. The molecule has 0 radical (unpaired) electrons. The minimum Gasteiger partial charge on any atom is -0.460 e. The van der Waals surface area contributed by atoms with Gasteiger partial charge in [-0.25, -0.2) is 9.78 Å². The molecule has 0 saturated carbocycles. The minimum absolute atomic E-state index is 0.347. The number of rotatable bonds is 4.